The summed E-state index contributed by atoms with van der Waals surface area (Å²) < 4.78 is 15.4. The van der Waals surface area contributed by atoms with Gasteiger partial charge in [0.25, 0.3) is 0 Å². The van der Waals surface area contributed by atoms with Gasteiger partial charge in [-0.15, -0.1) is 21.5 Å². The smallest absolute Gasteiger partial charge is 0.237 e. The summed E-state index contributed by atoms with van der Waals surface area (Å²) in [7, 11) is 0. The lowest BCUT2D eigenvalue weighted by molar-refractivity contribution is -0.116. The number of benzene rings is 1. The molecule has 5 nitrogen and oxygen atoms in total. The molecule has 0 atom stereocenters. The number of aromatic nitrogens is 3. The van der Waals surface area contributed by atoms with Crippen molar-refractivity contribution in [2.24, 2.45) is 0 Å². The van der Waals surface area contributed by atoms with Gasteiger partial charge < -0.3 is 9.47 Å². The van der Waals surface area contributed by atoms with Gasteiger partial charge in [-0.2, -0.15) is 0 Å². The van der Waals surface area contributed by atoms with Crippen molar-refractivity contribution >= 4 is 34.7 Å². The molecule has 146 valence electrons. The maximum absolute atomic E-state index is 13.2. The molecular formula is C20H21FN4OS2. The highest BCUT2D eigenvalue weighted by Gasteiger charge is 2.30. The third kappa shape index (κ3) is 4.28. The van der Waals surface area contributed by atoms with Gasteiger partial charge in [-0.1, -0.05) is 17.8 Å². The zero-order valence-electron chi connectivity index (χ0n) is 15.5. The molecule has 0 saturated heterocycles. The van der Waals surface area contributed by atoms with Gasteiger partial charge in [-0.25, -0.2) is 4.39 Å². The Bertz CT molecular complexity index is 936. The Labute approximate surface area is 171 Å². The monoisotopic (exact) mass is 416 g/mol. The van der Waals surface area contributed by atoms with E-state index in [1.165, 1.54) is 28.8 Å². The zero-order valence-corrected chi connectivity index (χ0v) is 17.2. The van der Waals surface area contributed by atoms with Crippen molar-refractivity contribution in [3.05, 3.63) is 58.3 Å². The molecule has 1 fully saturated rings. The topological polar surface area (TPSA) is 51.0 Å². The average Bonchev–Trinajstić information content (AvgIpc) is 3.25. The Kier molecular flexibility index (Phi) is 5.77. The van der Waals surface area contributed by atoms with Crippen molar-refractivity contribution in [2.75, 3.05) is 17.2 Å². The van der Waals surface area contributed by atoms with Crippen LogP contribution in [-0.2, 0) is 11.2 Å². The molecule has 1 amide bonds. The van der Waals surface area contributed by atoms with Crippen LogP contribution in [0.25, 0.3) is 0 Å². The van der Waals surface area contributed by atoms with E-state index in [4.69, 9.17) is 0 Å². The second kappa shape index (κ2) is 8.45. The predicted molar refractivity (Wildman–Crippen MR) is 111 cm³/mol. The molecule has 1 aliphatic carbocycles. The summed E-state index contributed by atoms with van der Waals surface area (Å²) >= 11 is 3.14. The lowest BCUT2D eigenvalue weighted by Gasteiger charge is -2.20. The lowest BCUT2D eigenvalue weighted by Crippen LogP contribution is -2.32. The van der Waals surface area contributed by atoms with E-state index in [9.17, 15) is 9.18 Å². The molecule has 0 aliphatic heterocycles. The predicted octanol–water partition coefficient (Wildman–Crippen LogP) is 4.55. The number of hydrogen-bond donors (Lipinski definition) is 0. The minimum Gasteiger partial charge on any atom is -0.312 e. The quantitative estimate of drug-likeness (QED) is 0.506. The molecule has 1 saturated carbocycles. The summed E-state index contributed by atoms with van der Waals surface area (Å²) in [4.78, 5) is 15.7. The van der Waals surface area contributed by atoms with Crippen molar-refractivity contribution in [3.8, 4) is 0 Å². The normalized spacial score (nSPS) is 13.6. The van der Waals surface area contributed by atoms with E-state index in [1.54, 1.807) is 28.4 Å². The van der Waals surface area contributed by atoms with Gasteiger partial charge in [0.15, 0.2) is 5.16 Å². The molecule has 0 bridgehead atoms. The highest BCUT2D eigenvalue weighted by atomic mass is 32.2. The van der Waals surface area contributed by atoms with Crippen molar-refractivity contribution in [1.29, 1.82) is 0 Å². The van der Waals surface area contributed by atoms with Crippen LogP contribution >= 0.6 is 23.1 Å². The largest absolute Gasteiger partial charge is 0.312 e. The van der Waals surface area contributed by atoms with Crippen molar-refractivity contribution < 1.29 is 9.18 Å². The molecule has 0 radical (unpaired) electrons. The summed E-state index contributed by atoms with van der Waals surface area (Å²) in [5.41, 5.74) is 0.705. The van der Waals surface area contributed by atoms with Crippen LogP contribution in [0.15, 0.2) is 46.9 Å². The molecule has 28 heavy (non-hydrogen) atoms. The Morgan fingerprint density at radius 3 is 2.71 bits per heavy atom. The Balaban J connectivity index is 1.46. The van der Waals surface area contributed by atoms with Crippen LogP contribution in [-0.4, -0.2) is 33.0 Å². The van der Waals surface area contributed by atoms with Crippen LogP contribution in [0.4, 0.5) is 10.1 Å². The van der Waals surface area contributed by atoms with Gasteiger partial charge in [-0.3, -0.25) is 4.79 Å². The van der Waals surface area contributed by atoms with E-state index in [2.05, 4.69) is 26.2 Å². The first-order valence-electron chi connectivity index (χ1n) is 9.30. The Morgan fingerprint density at radius 2 is 2.07 bits per heavy atom. The molecule has 0 N–H and O–H groups in total. The molecule has 0 unspecified atom stereocenters. The number of thioether (sulfide) groups is 1. The minimum absolute atomic E-state index is 0.0238. The van der Waals surface area contributed by atoms with Gasteiger partial charge in [0.2, 0.25) is 5.91 Å². The van der Waals surface area contributed by atoms with E-state index in [0.717, 1.165) is 30.2 Å². The SMILES string of the molecule is CCN(C(=O)CSc1nnc(Cc2cccs2)n1C1CC1)c1ccc(F)cc1. The fourth-order valence-electron chi connectivity index (χ4n) is 3.12. The van der Waals surface area contributed by atoms with Crippen LogP contribution in [0, 0.1) is 5.82 Å². The maximum Gasteiger partial charge on any atom is 0.237 e. The zero-order chi connectivity index (χ0) is 19.5. The van der Waals surface area contributed by atoms with Crippen molar-refractivity contribution in [1.82, 2.24) is 14.8 Å². The molecular weight excluding hydrogens is 395 g/mol. The van der Waals surface area contributed by atoms with Crippen LogP contribution in [0.5, 0.6) is 0 Å². The summed E-state index contributed by atoms with van der Waals surface area (Å²) in [5.74, 6) is 0.905. The molecule has 1 aromatic carbocycles. The average molecular weight is 417 g/mol. The van der Waals surface area contributed by atoms with Crippen molar-refractivity contribution in [2.45, 2.75) is 37.4 Å². The van der Waals surface area contributed by atoms with E-state index >= 15 is 0 Å². The number of halogens is 1. The molecule has 0 spiro atoms. The lowest BCUT2D eigenvalue weighted by atomic mass is 10.3. The number of amides is 1. The number of thiophene rings is 1. The first kappa shape index (κ1) is 19.1. The fourth-order valence-corrected chi connectivity index (χ4v) is 4.73. The number of carbonyl (C=O) groups excluding carboxylic acids is 1. The molecule has 4 rings (SSSR count). The molecule has 2 aromatic heterocycles. The molecule has 3 aromatic rings. The Morgan fingerprint density at radius 1 is 1.29 bits per heavy atom. The van der Waals surface area contributed by atoms with E-state index in [1.807, 2.05) is 13.0 Å². The number of rotatable bonds is 8. The molecule has 2 heterocycles. The van der Waals surface area contributed by atoms with Crippen LogP contribution in [0.2, 0.25) is 0 Å². The standard InChI is InChI=1S/C20H21FN4OS2/c1-2-24(15-7-5-14(21)6-8-15)19(26)13-28-20-23-22-18(25(20)16-9-10-16)12-17-4-3-11-27-17/h3-8,11,16H,2,9-10,12-13H2,1H3. The highest BCUT2D eigenvalue weighted by molar-refractivity contribution is 7.99. The van der Waals surface area contributed by atoms with E-state index < -0.39 is 0 Å². The Hall–Kier alpha value is -2.19. The van der Waals surface area contributed by atoms with Gasteiger partial charge in [0, 0.05) is 29.6 Å². The third-order valence-electron chi connectivity index (χ3n) is 4.64. The van der Waals surface area contributed by atoms with Gasteiger partial charge in [-0.05, 0) is 55.5 Å². The van der Waals surface area contributed by atoms with E-state index in [0.29, 0.717) is 18.3 Å². The summed E-state index contributed by atoms with van der Waals surface area (Å²) in [5, 5.41) is 11.6. The van der Waals surface area contributed by atoms with E-state index in [-0.39, 0.29) is 17.5 Å². The number of carbonyl (C=O) groups is 1. The van der Waals surface area contributed by atoms with Gasteiger partial charge in [0.05, 0.1) is 5.75 Å². The minimum atomic E-state index is -0.308. The van der Waals surface area contributed by atoms with Crippen LogP contribution < -0.4 is 4.90 Å². The van der Waals surface area contributed by atoms with Crippen LogP contribution in [0.3, 0.4) is 0 Å². The summed E-state index contributed by atoms with van der Waals surface area (Å²) in [6.07, 6.45) is 3.04. The fraction of sp³-hybridized carbons (Fsp3) is 0.350. The van der Waals surface area contributed by atoms with Gasteiger partial charge >= 0.3 is 0 Å². The van der Waals surface area contributed by atoms with Gasteiger partial charge in [0.1, 0.15) is 11.6 Å². The number of nitrogens with zero attached hydrogens (tertiary/aromatic N) is 4. The molecule has 1 aliphatic rings. The first-order valence-corrected chi connectivity index (χ1v) is 11.2. The second-order valence-electron chi connectivity index (χ2n) is 6.66. The first-order chi connectivity index (χ1) is 13.7. The number of hydrogen-bond acceptors (Lipinski definition) is 5. The van der Waals surface area contributed by atoms with Crippen molar-refractivity contribution in [3.63, 3.8) is 0 Å². The summed E-state index contributed by atoms with van der Waals surface area (Å²) in [6.45, 7) is 2.45. The molecule has 8 heteroatoms. The number of anilines is 1. The van der Waals surface area contributed by atoms with Crippen LogP contribution in [0.1, 0.15) is 36.5 Å². The maximum atomic E-state index is 13.2. The highest BCUT2D eigenvalue weighted by Crippen LogP contribution is 2.39. The summed E-state index contributed by atoms with van der Waals surface area (Å²) in [6, 6.07) is 10.6. The third-order valence-corrected chi connectivity index (χ3v) is 6.44. The second-order valence-corrected chi connectivity index (χ2v) is 8.63.